The van der Waals surface area contributed by atoms with Crippen molar-refractivity contribution in [3.05, 3.63) is 48.1 Å². The van der Waals surface area contributed by atoms with Gasteiger partial charge in [0, 0.05) is 0 Å². The lowest BCUT2D eigenvalue weighted by atomic mass is 10.1. The summed E-state index contributed by atoms with van der Waals surface area (Å²) in [6.07, 6.45) is 5.94. The SMILES string of the molecule is C=CC(=C)/C(C)=C\C(C)=C/C. The van der Waals surface area contributed by atoms with Gasteiger partial charge >= 0.3 is 0 Å². The number of allylic oxidation sites excluding steroid dienone is 6. The molecule has 0 aliphatic carbocycles. The van der Waals surface area contributed by atoms with E-state index < -0.39 is 0 Å². The summed E-state index contributed by atoms with van der Waals surface area (Å²) in [6.45, 7) is 13.6. The van der Waals surface area contributed by atoms with Crippen LogP contribution >= 0.6 is 0 Å². The molecule has 0 spiro atoms. The average Bonchev–Trinajstić information content (AvgIpc) is 2.02. The van der Waals surface area contributed by atoms with Crippen LogP contribution < -0.4 is 0 Å². The fourth-order valence-corrected chi connectivity index (χ4v) is 0.679. The fourth-order valence-electron chi connectivity index (χ4n) is 0.679. The van der Waals surface area contributed by atoms with Crippen molar-refractivity contribution in [2.45, 2.75) is 20.8 Å². The number of hydrogen-bond acceptors (Lipinski definition) is 0. The first-order valence-electron chi connectivity index (χ1n) is 3.74. The Morgan fingerprint density at radius 2 is 1.82 bits per heavy atom. The molecule has 0 amide bonds. The summed E-state index contributed by atoms with van der Waals surface area (Å²) < 4.78 is 0. The molecule has 0 atom stereocenters. The Labute approximate surface area is 69.6 Å². The maximum atomic E-state index is 3.85. The highest BCUT2D eigenvalue weighted by molar-refractivity contribution is 5.38. The van der Waals surface area contributed by atoms with E-state index in [1.54, 1.807) is 6.08 Å². The molecule has 0 aromatic rings. The Balaban J connectivity index is 4.46. The van der Waals surface area contributed by atoms with Crippen molar-refractivity contribution in [1.82, 2.24) is 0 Å². The average molecular weight is 148 g/mol. The van der Waals surface area contributed by atoms with Gasteiger partial charge in [0.1, 0.15) is 0 Å². The van der Waals surface area contributed by atoms with Crippen LogP contribution in [0.4, 0.5) is 0 Å². The van der Waals surface area contributed by atoms with E-state index in [1.165, 1.54) is 11.1 Å². The molecule has 0 radical (unpaired) electrons. The molecule has 0 saturated heterocycles. The second kappa shape index (κ2) is 4.73. The van der Waals surface area contributed by atoms with Crippen LogP contribution in [0.25, 0.3) is 0 Å². The van der Waals surface area contributed by atoms with Crippen LogP contribution in [0, 0.1) is 0 Å². The zero-order chi connectivity index (χ0) is 8.85. The molecule has 0 unspecified atom stereocenters. The molecule has 0 heterocycles. The summed E-state index contributed by atoms with van der Waals surface area (Å²) in [6, 6.07) is 0. The molecule has 60 valence electrons. The Bertz CT molecular complexity index is 214. The Kier molecular flexibility index (Phi) is 4.28. The Morgan fingerprint density at radius 1 is 1.27 bits per heavy atom. The fraction of sp³-hybridized carbons (Fsp3) is 0.273. The maximum absolute atomic E-state index is 3.85. The molecular weight excluding hydrogens is 132 g/mol. The predicted molar refractivity (Wildman–Crippen MR) is 52.5 cm³/mol. The van der Waals surface area contributed by atoms with Crippen molar-refractivity contribution in [2.24, 2.45) is 0 Å². The van der Waals surface area contributed by atoms with Gasteiger partial charge in [-0.05, 0) is 31.9 Å². The van der Waals surface area contributed by atoms with Gasteiger partial charge in [-0.3, -0.25) is 0 Å². The summed E-state index contributed by atoms with van der Waals surface area (Å²) in [5.41, 5.74) is 3.42. The van der Waals surface area contributed by atoms with Crippen LogP contribution in [0.5, 0.6) is 0 Å². The highest BCUT2D eigenvalue weighted by Crippen LogP contribution is 2.10. The molecule has 0 heteroatoms. The highest BCUT2D eigenvalue weighted by Gasteiger charge is 1.90. The lowest BCUT2D eigenvalue weighted by Gasteiger charge is -1.98. The molecule has 0 rings (SSSR count). The van der Waals surface area contributed by atoms with E-state index in [0.29, 0.717) is 0 Å². The van der Waals surface area contributed by atoms with Gasteiger partial charge in [-0.25, -0.2) is 0 Å². The van der Waals surface area contributed by atoms with Crippen LogP contribution in [0.2, 0.25) is 0 Å². The molecule has 0 aromatic carbocycles. The minimum Gasteiger partial charge on any atom is -0.0985 e. The number of rotatable bonds is 3. The first kappa shape index (κ1) is 9.96. The topological polar surface area (TPSA) is 0 Å². The van der Waals surface area contributed by atoms with Gasteiger partial charge < -0.3 is 0 Å². The van der Waals surface area contributed by atoms with E-state index in [4.69, 9.17) is 0 Å². The van der Waals surface area contributed by atoms with Gasteiger partial charge in [-0.2, -0.15) is 0 Å². The van der Waals surface area contributed by atoms with Crippen LogP contribution in [-0.4, -0.2) is 0 Å². The summed E-state index contributed by atoms with van der Waals surface area (Å²) in [4.78, 5) is 0. The van der Waals surface area contributed by atoms with Gasteiger partial charge in [0.2, 0.25) is 0 Å². The second-order valence-corrected chi connectivity index (χ2v) is 2.59. The van der Waals surface area contributed by atoms with Gasteiger partial charge in [-0.1, -0.05) is 37.0 Å². The summed E-state index contributed by atoms with van der Waals surface area (Å²) in [5.74, 6) is 0. The highest BCUT2D eigenvalue weighted by atomic mass is 14.0. The second-order valence-electron chi connectivity index (χ2n) is 2.59. The first-order chi connectivity index (χ1) is 5.11. The van der Waals surface area contributed by atoms with Crippen molar-refractivity contribution < 1.29 is 0 Å². The molecule has 0 fully saturated rings. The first-order valence-corrected chi connectivity index (χ1v) is 3.74. The van der Waals surface area contributed by atoms with Crippen molar-refractivity contribution in [2.75, 3.05) is 0 Å². The van der Waals surface area contributed by atoms with E-state index in [1.807, 2.05) is 13.8 Å². The zero-order valence-electron chi connectivity index (χ0n) is 7.65. The third-order valence-electron chi connectivity index (χ3n) is 1.65. The van der Waals surface area contributed by atoms with E-state index in [9.17, 15) is 0 Å². The molecule has 0 bridgehead atoms. The molecule has 11 heavy (non-hydrogen) atoms. The van der Waals surface area contributed by atoms with Gasteiger partial charge in [-0.15, -0.1) is 0 Å². The molecular formula is C11H16. The third kappa shape index (κ3) is 3.61. The van der Waals surface area contributed by atoms with Crippen molar-refractivity contribution in [3.63, 3.8) is 0 Å². The summed E-state index contributed by atoms with van der Waals surface area (Å²) >= 11 is 0. The minimum absolute atomic E-state index is 0.992. The van der Waals surface area contributed by atoms with E-state index >= 15 is 0 Å². The normalized spacial score (nSPS) is 13.0. The van der Waals surface area contributed by atoms with Crippen LogP contribution in [-0.2, 0) is 0 Å². The largest absolute Gasteiger partial charge is 0.0985 e. The smallest absolute Gasteiger partial charge is 0.0305 e. The Morgan fingerprint density at radius 3 is 2.18 bits per heavy atom. The maximum Gasteiger partial charge on any atom is -0.0305 e. The van der Waals surface area contributed by atoms with Crippen LogP contribution in [0.15, 0.2) is 48.1 Å². The van der Waals surface area contributed by atoms with E-state index in [0.717, 1.165) is 5.57 Å². The molecule has 0 N–H and O–H groups in total. The van der Waals surface area contributed by atoms with Gasteiger partial charge in [0.15, 0.2) is 0 Å². The van der Waals surface area contributed by atoms with Gasteiger partial charge in [0.05, 0.1) is 0 Å². The third-order valence-corrected chi connectivity index (χ3v) is 1.65. The monoisotopic (exact) mass is 148 g/mol. The molecule has 0 aliphatic heterocycles. The molecule has 0 saturated carbocycles. The van der Waals surface area contributed by atoms with Crippen molar-refractivity contribution in [3.8, 4) is 0 Å². The lowest BCUT2D eigenvalue weighted by Crippen LogP contribution is -1.78. The van der Waals surface area contributed by atoms with E-state index in [2.05, 4.69) is 32.2 Å². The van der Waals surface area contributed by atoms with E-state index in [-0.39, 0.29) is 0 Å². The van der Waals surface area contributed by atoms with Crippen molar-refractivity contribution in [1.29, 1.82) is 0 Å². The summed E-state index contributed by atoms with van der Waals surface area (Å²) in [7, 11) is 0. The van der Waals surface area contributed by atoms with Gasteiger partial charge in [0.25, 0.3) is 0 Å². The Hall–Kier alpha value is -1.04. The predicted octanol–water partition coefficient (Wildman–Crippen LogP) is 3.64. The minimum atomic E-state index is 0.992. The van der Waals surface area contributed by atoms with Crippen molar-refractivity contribution >= 4 is 0 Å². The standard InChI is InChI=1S/C11H16/c1-6-9(3)8-11(5)10(4)7-2/h6-8H,2,4H2,1,3,5H3/b9-6-,11-8-. The summed E-state index contributed by atoms with van der Waals surface area (Å²) in [5, 5.41) is 0. The zero-order valence-corrected chi connectivity index (χ0v) is 7.65. The quantitative estimate of drug-likeness (QED) is 0.536. The van der Waals surface area contributed by atoms with Crippen LogP contribution in [0.3, 0.4) is 0 Å². The molecule has 0 aliphatic rings. The lowest BCUT2D eigenvalue weighted by molar-refractivity contribution is 1.38. The van der Waals surface area contributed by atoms with Crippen LogP contribution in [0.1, 0.15) is 20.8 Å². The molecule has 0 nitrogen and oxygen atoms in total. The molecule has 0 aromatic heterocycles. The number of hydrogen-bond donors (Lipinski definition) is 0.